The maximum Gasteiger partial charge on any atom is 0.258 e. The van der Waals surface area contributed by atoms with Gasteiger partial charge in [0.05, 0.1) is 0 Å². The van der Waals surface area contributed by atoms with Crippen LogP contribution in [-0.2, 0) is 14.8 Å². The molecule has 0 fully saturated rings. The van der Waals surface area contributed by atoms with E-state index in [-0.39, 0.29) is 23.2 Å². The largest absolute Gasteiger partial charge is 0.482 e. The number of amides is 1. The van der Waals surface area contributed by atoms with Gasteiger partial charge in [0.1, 0.15) is 10.6 Å². The van der Waals surface area contributed by atoms with E-state index in [0.29, 0.717) is 10.0 Å². The van der Waals surface area contributed by atoms with Gasteiger partial charge in [0.15, 0.2) is 6.61 Å². The monoisotopic (exact) mass is 378 g/mol. The minimum Gasteiger partial charge on any atom is -0.482 e. The van der Waals surface area contributed by atoms with Gasteiger partial charge in [0.25, 0.3) is 5.91 Å². The Balaban J connectivity index is 3.02. The first-order chi connectivity index (χ1) is 9.40. The number of halogens is 1. The highest BCUT2D eigenvalue weighted by Crippen LogP contribution is 2.30. The molecule has 0 atom stereocenters. The third-order valence-electron chi connectivity index (χ3n) is 2.37. The number of nitrogens with two attached hydrogens (primary N) is 1. The molecule has 1 aromatic carbocycles. The highest BCUT2D eigenvalue weighted by molar-refractivity contribution is 9.10. The van der Waals surface area contributed by atoms with Crippen molar-refractivity contribution in [2.24, 2.45) is 5.14 Å². The van der Waals surface area contributed by atoms with Crippen molar-refractivity contribution >= 4 is 31.9 Å². The molecule has 118 valence electrons. The van der Waals surface area contributed by atoms with Crippen LogP contribution in [-0.4, -0.2) is 26.5 Å². The molecule has 0 saturated heterocycles. The number of benzene rings is 1. The zero-order valence-corrected chi connectivity index (χ0v) is 14.8. The summed E-state index contributed by atoms with van der Waals surface area (Å²) in [7, 11) is -3.95. The number of rotatable bonds is 4. The normalized spacial score (nSPS) is 12.1. The summed E-state index contributed by atoms with van der Waals surface area (Å²) in [5, 5.41) is 7.90. The fourth-order valence-electron chi connectivity index (χ4n) is 1.69. The first-order valence-electron chi connectivity index (χ1n) is 6.17. The Hall–Kier alpha value is -1.12. The van der Waals surface area contributed by atoms with Crippen molar-refractivity contribution in [3.63, 3.8) is 0 Å². The smallest absolute Gasteiger partial charge is 0.258 e. The highest BCUT2D eigenvalue weighted by Gasteiger charge is 2.20. The maximum atomic E-state index is 11.7. The molecule has 3 N–H and O–H groups in total. The lowest BCUT2D eigenvalue weighted by Gasteiger charge is -2.21. The average Bonchev–Trinajstić information content (AvgIpc) is 2.23. The van der Waals surface area contributed by atoms with Crippen molar-refractivity contribution in [1.29, 1.82) is 0 Å². The van der Waals surface area contributed by atoms with Gasteiger partial charge in [-0.2, -0.15) is 0 Å². The van der Waals surface area contributed by atoms with Crippen LogP contribution in [0.4, 0.5) is 0 Å². The van der Waals surface area contributed by atoms with Crippen LogP contribution in [0.3, 0.4) is 0 Å². The van der Waals surface area contributed by atoms with Crippen molar-refractivity contribution in [2.75, 3.05) is 6.61 Å². The molecular formula is C13H19BrN2O4S. The summed E-state index contributed by atoms with van der Waals surface area (Å²) < 4.78 is 29.1. The maximum absolute atomic E-state index is 11.7. The molecule has 0 aliphatic rings. The van der Waals surface area contributed by atoms with Gasteiger partial charge < -0.3 is 10.1 Å². The van der Waals surface area contributed by atoms with E-state index in [0.717, 1.165) is 0 Å². The van der Waals surface area contributed by atoms with Gasteiger partial charge in [0, 0.05) is 10.0 Å². The van der Waals surface area contributed by atoms with Gasteiger partial charge in [-0.05, 0) is 45.4 Å². The predicted octanol–water partition coefficient (Wildman–Crippen LogP) is 1.70. The second-order valence-electron chi connectivity index (χ2n) is 5.68. The fourth-order valence-corrected chi connectivity index (χ4v) is 3.18. The molecule has 0 aromatic heterocycles. The summed E-state index contributed by atoms with van der Waals surface area (Å²) in [5.41, 5.74) is 0.176. The number of carbonyl (C=O) groups excluding carboxylic acids is 1. The van der Waals surface area contributed by atoms with E-state index < -0.39 is 15.6 Å². The van der Waals surface area contributed by atoms with E-state index in [1.807, 2.05) is 20.8 Å². The minimum absolute atomic E-state index is 0.0877. The van der Waals surface area contributed by atoms with Gasteiger partial charge in [-0.15, -0.1) is 0 Å². The van der Waals surface area contributed by atoms with Crippen LogP contribution in [0, 0.1) is 6.92 Å². The number of sulfonamides is 1. The molecule has 0 heterocycles. The molecule has 6 nitrogen and oxygen atoms in total. The highest BCUT2D eigenvalue weighted by atomic mass is 79.9. The Labute approximate surface area is 133 Å². The summed E-state index contributed by atoms with van der Waals surface area (Å²) in [5.74, 6) is -0.255. The van der Waals surface area contributed by atoms with Crippen molar-refractivity contribution in [2.45, 2.75) is 38.1 Å². The lowest BCUT2D eigenvalue weighted by atomic mass is 10.1. The third kappa shape index (κ3) is 5.64. The molecule has 0 bridgehead atoms. The Kier molecular flexibility index (Phi) is 5.40. The van der Waals surface area contributed by atoms with Gasteiger partial charge in [0.2, 0.25) is 10.0 Å². The molecule has 8 heteroatoms. The summed E-state index contributed by atoms with van der Waals surface area (Å²) in [4.78, 5) is 11.6. The second-order valence-corrected chi connectivity index (χ2v) is 8.13. The number of hydrogen-bond acceptors (Lipinski definition) is 4. The summed E-state index contributed by atoms with van der Waals surface area (Å²) in [6, 6.07) is 3.03. The van der Waals surface area contributed by atoms with Crippen LogP contribution in [0.2, 0.25) is 0 Å². The zero-order valence-electron chi connectivity index (χ0n) is 12.4. The molecule has 0 unspecified atom stereocenters. The topological polar surface area (TPSA) is 98.5 Å². The Bertz CT molecular complexity index is 651. The van der Waals surface area contributed by atoms with Crippen LogP contribution in [0.25, 0.3) is 0 Å². The summed E-state index contributed by atoms with van der Waals surface area (Å²) in [6.45, 7) is 6.90. The number of aryl methyl sites for hydroxylation is 1. The van der Waals surface area contributed by atoms with Crippen LogP contribution >= 0.6 is 15.9 Å². The minimum atomic E-state index is -3.95. The Morgan fingerprint density at radius 1 is 1.38 bits per heavy atom. The van der Waals surface area contributed by atoms with Gasteiger partial charge in [-0.25, -0.2) is 13.6 Å². The molecule has 0 saturated carbocycles. The predicted molar refractivity (Wildman–Crippen MR) is 83.6 cm³/mol. The van der Waals surface area contributed by atoms with Crippen molar-refractivity contribution in [3.8, 4) is 5.75 Å². The standard InChI is InChI=1S/C13H19BrN2O4S/c1-8-5-9(14)6-10(21(15,18)19)12(8)20-7-11(17)16-13(2,3)4/h5-6H,7H2,1-4H3,(H,16,17)(H2,15,18,19). The average molecular weight is 379 g/mol. The van der Waals surface area contributed by atoms with Gasteiger partial charge in [-0.3, -0.25) is 4.79 Å². The SMILES string of the molecule is Cc1cc(Br)cc(S(N)(=O)=O)c1OCC(=O)NC(C)(C)C. The first kappa shape index (κ1) is 17.9. The second kappa shape index (κ2) is 6.33. The molecule has 0 aliphatic heterocycles. The number of ether oxygens (including phenoxy) is 1. The molecule has 1 aromatic rings. The third-order valence-corrected chi connectivity index (χ3v) is 3.75. The van der Waals surface area contributed by atoms with Crippen LogP contribution < -0.4 is 15.2 Å². The van der Waals surface area contributed by atoms with E-state index in [9.17, 15) is 13.2 Å². The van der Waals surface area contributed by atoms with E-state index in [2.05, 4.69) is 21.2 Å². The number of hydrogen-bond donors (Lipinski definition) is 2. The van der Waals surface area contributed by atoms with Gasteiger partial charge in [-0.1, -0.05) is 15.9 Å². The summed E-state index contributed by atoms with van der Waals surface area (Å²) in [6.07, 6.45) is 0. The molecule has 1 rings (SSSR count). The molecular weight excluding hydrogens is 360 g/mol. The molecule has 0 radical (unpaired) electrons. The lowest BCUT2D eigenvalue weighted by Crippen LogP contribution is -2.43. The van der Waals surface area contributed by atoms with Crippen molar-refractivity contribution in [1.82, 2.24) is 5.32 Å². The number of carbonyl (C=O) groups is 1. The first-order valence-corrected chi connectivity index (χ1v) is 8.51. The molecule has 0 aliphatic carbocycles. The van der Waals surface area contributed by atoms with Gasteiger partial charge >= 0.3 is 0 Å². The summed E-state index contributed by atoms with van der Waals surface area (Å²) >= 11 is 3.20. The Morgan fingerprint density at radius 3 is 2.43 bits per heavy atom. The van der Waals surface area contributed by atoms with E-state index in [4.69, 9.17) is 9.88 Å². The Morgan fingerprint density at radius 2 is 1.95 bits per heavy atom. The van der Waals surface area contributed by atoms with Crippen molar-refractivity contribution < 1.29 is 17.9 Å². The number of primary sulfonamides is 1. The van der Waals surface area contributed by atoms with Crippen LogP contribution in [0.5, 0.6) is 5.75 Å². The van der Waals surface area contributed by atoms with Crippen LogP contribution in [0.15, 0.2) is 21.5 Å². The molecule has 0 spiro atoms. The van der Waals surface area contributed by atoms with E-state index >= 15 is 0 Å². The van der Waals surface area contributed by atoms with E-state index in [1.54, 1.807) is 13.0 Å². The quantitative estimate of drug-likeness (QED) is 0.832. The van der Waals surface area contributed by atoms with Crippen molar-refractivity contribution in [3.05, 3.63) is 22.2 Å². The lowest BCUT2D eigenvalue weighted by molar-refractivity contribution is -0.124. The molecule has 21 heavy (non-hydrogen) atoms. The zero-order chi connectivity index (χ0) is 16.4. The fraction of sp³-hybridized carbons (Fsp3) is 0.462. The molecule has 1 amide bonds. The number of nitrogens with one attached hydrogen (secondary N) is 1. The van der Waals surface area contributed by atoms with E-state index in [1.165, 1.54) is 6.07 Å². The van der Waals surface area contributed by atoms with Crippen LogP contribution in [0.1, 0.15) is 26.3 Å².